The summed E-state index contributed by atoms with van der Waals surface area (Å²) in [7, 11) is 0. The summed E-state index contributed by atoms with van der Waals surface area (Å²) in [6, 6.07) is 10.9. The average Bonchev–Trinajstić information content (AvgIpc) is 2.79. The lowest BCUT2D eigenvalue weighted by molar-refractivity contribution is 0.531. The molecule has 0 atom stereocenters. The van der Waals surface area contributed by atoms with Crippen LogP contribution >= 0.6 is 0 Å². The highest BCUT2D eigenvalue weighted by Gasteiger charge is 2.01. The van der Waals surface area contributed by atoms with Gasteiger partial charge in [-0.1, -0.05) is 30.3 Å². The molecule has 90 valence electrons. The van der Waals surface area contributed by atoms with Gasteiger partial charge >= 0.3 is 0 Å². The van der Waals surface area contributed by atoms with Crippen LogP contribution in [0, 0.1) is 0 Å². The van der Waals surface area contributed by atoms with Crippen LogP contribution in [0.5, 0.6) is 0 Å². The molecule has 2 aromatic rings. The van der Waals surface area contributed by atoms with Gasteiger partial charge < -0.3 is 5.32 Å². The Bertz CT molecular complexity index is 446. The Morgan fingerprint density at radius 1 is 1.12 bits per heavy atom. The highest BCUT2D eigenvalue weighted by molar-refractivity contribution is 5.14. The van der Waals surface area contributed by atoms with E-state index in [9.17, 15) is 0 Å². The summed E-state index contributed by atoms with van der Waals surface area (Å²) >= 11 is 0. The Labute approximate surface area is 102 Å². The molecule has 0 saturated carbocycles. The molecule has 3 nitrogen and oxygen atoms in total. The summed E-state index contributed by atoms with van der Waals surface area (Å²) in [4.78, 5) is 0. The second kappa shape index (κ2) is 5.64. The Kier molecular flexibility index (Phi) is 3.94. The topological polar surface area (TPSA) is 29.9 Å². The van der Waals surface area contributed by atoms with Gasteiger partial charge in [0, 0.05) is 30.9 Å². The van der Waals surface area contributed by atoms with Gasteiger partial charge in [0.05, 0.1) is 6.20 Å². The molecule has 0 fully saturated rings. The number of rotatable bonds is 5. The van der Waals surface area contributed by atoms with Crippen molar-refractivity contribution in [2.45, 2.75) is 33.0 Å². The third-order valence-corrected chi connectivity index (χ3v) is 2.69. The van der Waals surface area contributed by atoms with E-state index in [1.54, 1.807) is 0 Å². The lowest BCUT2D eigenvalue weighted by atomic mass is 10.2. The maximum Gasteiger partial charge on any atom is 0.0534 e. The van der Waals surface area contributed by atoms with E-state index in [2.05, 4.69) is 54.7 Å². The third kappa shape index (κ3) is 3.43. The molecule has 1 heterocycles. The van der Waals surface area contributed by atoms with Gasteiger partial charge in [-0.05, 0) is 19.4 Å². The first-order valence-electron chi connectivity index (χ1n) is 6.03. The van der Waals surface area contributed by atoms with E-state index in [4.69, 9.17) is 0 Å². The Morgan fingerprint density at radius 3 is 2.47 bits per heavy atom. The number of nitrogens with one attached hydrogen (secondary N) is 1. The van der Waals surface area contributed by atoms with Crippen molar-refractivity contribution in [3.63, 3.8) is 0 Å². The van der Waals surface area contributed by atoms with E-state index in [1.807, 2.05) is 16.9 Å². The number of nitrogens with zero attached hydrogens (tertiary/aromatic N) is 2. The molecule has 1 N–H and O–H groups in total. The van der Waals surface area contributed by atoms with Gasteiger partial charge in [-0.3, -0.25) is 4.68 Å². The van der Waals surface area contributed by atoms with Crippen LogP contribution in [0.4, 0.5) is 0 Å². The molecule has 2 rings (SSSR count). The molecular formula is C14H19N3. The smallest absolute Gasteiger partial charge is 0.0534 e. The summed E-state index contributed by atoms with van der Waals surface area (Å²) < 4.78 is 1.99. The largest absolute Gasteiger partial charge is 0.309 e. The first kappa shape index (κ1) is 11.9. The molecule has 17 heavy (non-hydrogen) atoms. The molecule has 1 aromatic heterocycles. The fourth-order valence-electron chi connectivity index (χ4n) is 1.70. The van der Waals surface area contributed by atoms with Crippen LogP contribution in [0.3, 0.4) is 0 Å². The van der Waals surface area contributed by atoms with Gasteiger partial charge in [-0.2, -0.15) is 5.10 Å². The fraction of sp³-hybridized carbons (Fsp3) is 0.357. The molecular weight excluding hydrogens is 210 g/mol. The van der Waals surface area contributed by atoms with E-state index < -0.39 is 0 Å². The predicted octanol–water partition coefficient (Wildman–Crippen LogP) is 2.75. The van der Waals surface area contributed by atoms with E-state index in [0.717, 1.165) is 13.1 Å². The van der Waals surface area contributed by atoms with Gasteiger partial charge in [-0.25, -0.2) is 0 Å². The van der Waals surface area contributed by atoms with Crippen molar-refractivity contribution in [3.05, 3.63) is 53.9 Å². The molecule has 0 amide bonds. The van der Waals surface area contributed by atoms with Crippen molar-refractivity contribution < 1.29 is 0 Å². The minimum absolute atomic E-state index is 0.429. The highest BCUT2D eigenvalue weighted by atomic mass is 15.3. The van der Waals surface area contributed by atoms with Crippen molar-refractivity contribution in [2.24, 2.45) is 0 Å². The molecule has 3 heteroatoms. The monoisotopic (exact) mass is 229 g/mol. The van der Waals surface area contributed by atoms with E-state index in [-0.39, 0.29) is 0 Å². The second-order valence-electron chi connectivity index (χ2n) is 4.51. The van der Waals surface area contributed by atoms with E-state index in [1.165, 1.54) is 11.1 Å². The summed E-state index contributed by atoms with van der Waals surface area (Å²) in [5.41, 5.74) is 2.54. The van der Waals surface area contributed by atoms with Crippen LogP contribution in [0.25, 0.3) is 0 Å². The molecule has 0 aliphatic heterocycles. The van der Waals surface area contributed by atoms with Crippen LogP contribution < -0.4 is 5.32 Å². The average molecular weight is 229 g/mol. The summed E-state index contributed by atoms with van der Waals surface area (Å²) in [6.45, 7) is 6.03. The third-order valence-electron chi connectivity index (χ3n) is 2.69. The lowest BCUT2D eigenvalue weighted by Gasteiger charge is -2.04. The van der Waals surface area contributed by atoms with Crippen molar-refractivity contribution in [2.75, 3.05) is 0 Å². The zero-order chi connectivity index (χ0) is 12.1. The molecule has 0 spiro atoms. The summed E-state index contributed by atoms with van der Waals surface area (Å²) in [6.07, 6.45) is 4.03. The molecule has 0 aliphatic carbocycles. The van der Waals surface area contributed by atoms with E-state index >= 15 is 0 Å². The quantitative estimate of drug-likeness (QED) is 0.854. The minimum atomic E-state index is 0.429. The van der Waals surface area contributed by atoms with Crippen molar-refractivity contribution in [1.29, 1.82) is 0 Å². The van der Waals surface area contributed by atoms with Crippen LogP contribution in [0.1, 0.15) is 31.0 Å². The molecule has 0 radical (unpaired) electrons. The minimum Gasteiger partial charge on any atom is -0.309 e. The van der Waals surface area contributed by atoms with Crippen LogP contribution in [-0.4, -0.2) is 9.78 Å². The fourth-order valence-corrected chi connectivity index (χ4v) is 1.70. The molecule has 0 bridgehead atoms. The zero-order valence-electron chi connectivity index (χ0n) is 10.4. The zero-order valence-corrected chi connectivity index (χ0v) is 10.4. The van der Waals surface area contributed by atoms with Crippen LogP contribution in [0.2, 0.25) is 0 Å². The highest BCUT2D eigenvalue weighted by Crippen LogP contribution is 2.05. The lowest BCUT2D eigenvalue weighted by Crippen LogP contribution is -2.12. The number of benzene rings is 1. The first-order chi connectivity index (χ1) is 8.25. The van der Waals surface area contributed by atoms with Crippen molar-refractivity contribution in [3.8, 4) is 0 Å². The summed E-state index contributed by atoms with van der Waals surface area (Å²) in [5, 5.41) is 7.73. The number of hydrogen-bond donors (Lipinski definition) is 1. The van der Waals surface area contributed by atoms with Crippen molar-refractivity contribution >= 4 is 0 Å². The van der Waals surface area contributed by atoms with Crippen LogP contribution in [-0.2, 0) is 13.1 Å². The van der Waals surface area contributed by atoms with Crippen molar-refractivity contribution in [1.82, 2.24) is 15.1 Å². The SMILES string of the molecule is CC(C)n1cc(CNCc2ccccc2)cn1. The van der Waals surface area contributed by atoms with Gasteiger partial charge in [0.1, 0.15) is 0 Å². The van der Waals surface area contributed by atoms with Gasteiger partial charge in [-0.15, -0.1) is 0 Å². The molecule has 0 aliphatic rings. The Morgan fingerprint density at radius 2 is 1.82 bits per heavy atom. The van der Waals surface area contributed by atoms with Gasteiger partial charge in [0.15, 0.2) is 0 Å². The number of aromatic nitrogens is 2. The standard InChI is InChI=1S/C14H19N3/c1-12(2)17-11-14(10-16-17)9-15-8-13-6-4-3-5-7-13/h3-7,10-12,15H,8-9H2,1-2H3. The Hall–Kier alpha value is -1.61. The number of hydrogen-bond acceptors (Lipinski definition) is 2. The molecule has 1 aromatic carbocycles. The van der Waals surface area contributed by atoms with Crippen LogP contribution in [0.15, 0.2) is 42.7 Å². The molecule has 0 saturated heterocycles. The maximum atomic E-state index is 4.32. The second-order valence-corrected chi connectivity index (χ2v) is 4.51. The Balaban J connectivity index is 1.82. The first-order valence-corrected chi connectivity index (χ1v) is 6.03. The maximum absolute atomic E-state index is 4.32. The van der Waals surface area contributed by atoms with E-state index in [0.29, 0.717) is 6.04 Å². The normalized spacial score (nSPS) is 11.0. The van der Waals surface area contributed by atoms with Gasteiger partial charge in [0.25, 0.3) is 0 Å². The van der Waals surface area contributed by atoms with Gasteiger partial charge in [0.2, 0.25) is 0 Å². The molecule has 0 unspecified atom stereocenters. The predicted molar refractivity (Wildman–Crippen MR) is 69.6 cm³/mol. The summed E-state index contributed by atoms with van der Waals surface area (Å²) in [5.74, 6) is 0.